The van der Waals surface area contributed by atoms with Gasteiger partial charge < -0.3 is 15.5 Å². The van der Waals surface area contributed by atoms with Gasteiger partial charge in [0.15, 0.2) is 0 Å². The lowest BCUT2D eigenvalue weighted by atomic mass is 10.0. The van der Waals surface area contributed by atoms with Crippen LogP contribution in [0.15, 0.2) is 73.2 Å². The van der Waals surface area contributed by atoms with Crippen LogP contribution >= 0.6 is 23.2 Å². The molecule has 0 aliphatic carbocycles. The van der Waals surface area contributed by atoms with E-state index < -0.39 is 5.82 Å². The first-order valence-electron chi connectivity index (χ1n) is 13.6. The molecule has 0 bridgehead atoms. The minimum atomic E-state index is -0.491. The number of halogens is 3. The smallest absolute Gasteiger partial charge is 0.141 e. The van der Waals surface area contributed by atoms with E-state index in [2.05, 4.69) is 54.9 Å². The van der Waals surface area contributed by atoms with E-state index in [1.165, 1.54) is 18.5 Å². The van der Waals surface area contributed by atoms with Crippen LogP contribution in [0.4, 0.5) is 21.6 Å². The number of aromatic nitrogens is 5. The van der Waals surface area contributed by atoms with Gasteiger partial charge in [-0.25, -0.2) is 19.0 Å². The molecular weight excluding hydrogens is 562 g/mol. The van der Waals surface area contributed by atoms with Gasteiger partial charge in [0.05, 0.1) is 33.8 Å². The molecule has 210 valence electrons. The minimum Gasteiger partial charge on any atom is -0.373 e. The second-order valence-electron chi connectivity index (χ2n) is 10.1. The van der Waals surface area contributed by atoms with Gasteiger partial charge in [-0.15, -0.1) is 5.10 Å². The Hall–Kier alpha value is -3.79. The fourth-order valence-corrected chi connectivity index (χ4v) is 5.71. The number of anilines is 3. The average molecular weight is 592 g/mol. The fourth-order valence-electron chi connectivity index (χ4n) is 5.26. The van der Waals surface area contributed by atoms with Crippen LogP contribution in [-0.4, -0.2) is 49.5 Å². The van der Waals surface area contributed by atoms with Crippen LogP contribution in [0.2, 0.25) is 10.0 Å². The molecule has 0 amide bonds. The summed E-state index contributed by atoms with van der Waals surface area (Å²) in [5.41, 5.74) is 3.80. The first-order chi connectivity index (χ1) is 20.0. The van der Waals surface area contributed by atoms with Crippen molar-refractivity contribution in [1.29, 1.82) is 0 Å². The number of nitrogens with one attached hydrogen (secondary N) is 2. The molecule has 1 fully saturated rings. The van der Waals surface area contributed by atoms with Crippen molar-refractivity contribution in [2.24, 2.45) is 0 Å². The van der Waals surface area contributed by atoms with E-state index in [0.29, 0.717) is 33.5 Å². The molecule has 1 aliphatic rings. The summed E-state index contributed by atoms with van der Waals surface area (Å²) < 4.78 is 15.7. The lowest BCUT2D eigenvalue weighted by molar-refractivity contribution is 0.186. The van der Waals surface area contributed by atoms with E-state index in [0.717, 1.165) is 49.4 Å². The zero-order chi connectivity index (χ0) is 28.3. The highest BCUT2D eigenvalue weighted by Crippen LogP contribution is 2.35. The summed E-state index contributed by atoms with van der Waals surface area (Å²) in [6.07, 6.45) is 5.59. The van der Waals surface area contributed by atoms with Crippen molar-refractivity contribution in [3.63, 3.8) is 0 Å². The van der Waals surface area contributed by atoms with Crippen LogP contribution < -0.4 is 10.6 Å². The number of benzene rings is 3. The first-order valence-corrected chi connectivity index (χ1v) is 14.4. The van der Waals surface area contributed by atoms with Gasteiger partial charge in [0.1, 0.15) is 23.7 Å². The molecule has 5 aromatic rings. The summed E-state index contributed by atoms with van der Waals surface area (Å²) in [6, 6.07) is 18.4. The molecule has 0 saturated carbocycles. The van der Waals surface area contributed by atoms with Crippen LogP contribution in [0.1, 0.15) is 43.1 Å². The Bertz CT molecular complexity index is 1650. The van der Waals surface area contributed by atoms with Crippen molar-refractivity contribution in [3.8, 4) is 0 Å². The third-order valence-corrected chi connectivity index (χ3v) is 8.10. The molecule has 0 spiro atoms. The van der Waals surface area contributed by atoms with Gasteiger partial charge in [-0.1, -0.05) is 65.7 Å². The van der Waals surface area contributed by atoms with Crippen LogP contribution in [0.3, 0.4) is 0 Å². The zero-order valence-corrected chi connectivity index (χ0v) is 23.9. The highest BCUT2D eigenvalue weighted by molar-refractivity contribution is 6.35. The molecule has 2 aromatic heterocycles. The Balaban J connectivity index is 1.33. The Labute approximate surface area is 247 Å². The molecule has 6 rings (SSSR count). The highest BCUT2D eigenvalue weighted by atomic mass is 35.5. The second kappa shape index (κ2) is 12.0. The molecule has 0 radical (unpaired) electrons. The predicted molar refractivity (Wildman–Crippen MR) is 162 cm³/mol. The predicted octanol–water partition coefficient (Wildman–Crippen LogP) is 7.27. The number of rotatable bonds is 8. The van der Waals surface area contributed by atoms with E-state index in [9.17, 15) is 4.39 Å². The minimum absolute atomic E-state index is 0.0171. The summed E-state index contributed by atoms with van der Waals surface area (Å²) in [7, 11) is 0. The normalized spacial score (nSPS) is 15.2. The van der Waals surface area contributed by atoms with Crippen molar-refractivity contribution < 1.29 is 4.39 Å². The summed E-state index contributed by atoms with van der Waals surface area (Å²) in [4.78, 5) is 11.3. The summed E-state index contributed by atoms with van der Waals surface area (Å²) in [6.45, 7) is 5.40. The molecule has 3 aromatic carbocycles. The van der Waals surface area contributed by atoms with Gasteiger partial charge in [-0.3, -0.25) is 0 Å². The fraction of sp³-hybridized carbons (Fsp3) is 0.267. The van der Waals surface area contributed by atoms with Gasteiger partial charge in [-0.2, -0.15) is 0 Å². The monoisotopic (exact) mass is 590 g/mol. The molecule has 11 heteroatoms. The maximum absolute atomic E-state index is 13.7. The van der Waals surface area contributed by atoms with Gasteiger partial charge in [0, 0.05) is 29.9 Å². The molecule has 1 aliphatic heterocycles. The average Bonchev–Trinajstić information content (AvgIpc) is 3.49. The van der Waals surface area contributed by atoms with Crippen LogP contribution in [0.25, 0.3) is 10.9 Å². The first kappa shape index (κ1) is 27.4. The van der Waals surface area contributed by atoms with E-state index in [-0.39, 0.29) is 11.1 Å². The Kier molecular flexibility index (Phi) is 8.00. The Morgan fingerprint density at radius 2 is 1.76 bits per heavy atom. The number of nitrogens with zero attached hydrogens (tertiary/aromatic N) is 6. The van der Waals surface area contributed by atoms with Crippen molar-refractivity contribution in [1.82, 2.24) is 29.9 Å². The van der Waals surface area contributed by atoms with E-state index >= 15 is 0 Å². The van der Waals surface area contributed by atoms with Crippen molar-refractivity contribution >= 4 is 51.3 Å². The SMILES string of the molecule is CCN1CCC(n2cc([C@@H](Nc3cc(Cl)c4ncnc(Nc5ccc(F)c(Cl)c5)c4c3)c3ccccc3)nn2)CC1. The Morgan fingerprint density at radius 1 is 0.976 bits per heavy atom. The van der Waals surface area contributed by atoms with Gasteiger partial charge >= 0.3 is 0 Å². The van der Waals surface area contributed by atoms with Gasteiger partial charge in [0.2, 0.25) is 0 Å². The number of likely N-dealkylation sites (tertiary alicyclic amines) is 1. The van der Waals surface area contributed by atoms with Crippen molar-refractivity contribution in [3.05, 3.63) is 100 Å². The number of hydrogen-bond acceptors (Lipinski definition) is 7. The quantitative estimate of drug-likeness (QED) is 0.196. The van der Waals surface area contributed by atoms with Gasteiger partial charge in [-0.05, 0) is 55.3 Å². The van der Waals surface area contributed by atoms with Crippen molar-refractivity contribution in [2.75, 3.05) is 30.3 Å². The standard InChI is InChI=1S/C30H29Cl2FN8/c1-2-40-12-10-22(11-13-40)41-17-27(38-39-41)28(19-6-4-3-5-7-19)36-21-14-23-29(25(32)16-21)34-18-35-30(23)37-20-8-9-26(33)24(31)15-20/h3-9,14-18,22,28,36H,2,10-13H2,1H3,(H,34,35,37)/t28-/m0/s1. The summed E-state index contributed by atoms with van der Waals surface area (Å²) in [5, 5.41) is 17.1. The van der Waals surface area contributed by atoms with E-state index in [1.54, 1.807) is 6.07 Å². The van der Waals surface area contributed by atoms with E-state index in [1.807, 2.05) is 41.2 Å². The van der Waals surface area contributed by atoms with Crippen LogP contribution in [-0.2, 0) is 0 Å². The summed E-state index contributed by atoms with van der Waals surface area (Å²) in [5.74, 6) is 0.0263. The Morgan fingerprint density at radius 3 is 2.51 bits per heavy atom. The lowest BCUT2D eigenvalue weighted by Crippen LogP contribution is -2.34. The molecule has 41 heavy (non-hydrogen) atoms. The third kappa shape index (κ3) is 5.98. The molecule has 2 N–H and O–H groups in total. The molecule has 1 saturated heterocycles. The number of hydrogen-bond donors (Lipinski definition) is 2. The topological polar surface area (TPSA) is 83.8 Å². The van der Waals surface area contributed by atoms with E-state index in [4.69, 9.17) is 23.2 Å². The largest absolute Gasteiger partial charge is 0.373 e. The zero-order valence-electron chi connectivity index (χ0n) is 22.4. The number of piperidine rings is 1. The van der Waals surface area contributed by atoms with Gasteiger partial charge in [0.25, 0.3) is 0 Å². The molecular formula is C30H29Cl2FN8. The molecule has 0 unspecified atom stereocenters. The molecule has 3 heterocycles. The number of fused-ring (bicyclic) bond motifs is 1. The maximum atomic E-state index is 13.7. The maximum Gasteiger partial charge on any atom is 0.141 e. The summed E-state index contributed by atoms with van der Waals surface area (Å²) >= 11 is 12.7. The highest BCUT2D eigenvalue weighted by Gasteiger charge is 2.24. The van der Waals surface area contributed by atoms with Crippen LogP contribution in [0.5, 0.6) is 0 Å². The van der Waals surface area contributed by atoms with Crippen LogP contribution in [0, 0.1) is 5.82 Å². The molecule has 8 nitrogen and oxygen atoms in total. The third-order valence-electron chi connectivity index (χ3n) is 7.52. The lowest BCUT2D eigenvalue weighted by Gasteiger charge is -2.30. The van der Waals surface area contributed by atoms with Crippen molar-refractivity contribution in [2.45, 2.75) is 31.8 Å². The molecule has 1 atom stereocenters. The second-order valence-corrected chi connectivity index (χ2v) is 10.9.